The number of nitrogens with two attached hydrogens (primary N) is 1. The first kappa shape index (κ1) is 9.19. The van der Waals surface area contributed by atoms with E-state index in [4.69, 9.17) is 5.73 Å². The second-order valence-corrected chi connectivity index (χ2v) is 1.47. The van der Waals surface area contributed by atoms with E-state index in [0.717, 1.165) is 0 Å². The van der Waals surface area contributed by atoms with Gasteiger partial charge >= 0.3 is 11.9 Å². The summed E-state index contributed by atoms with van der Waals surface area (Å²) in [6.45, 7) is -0.769. The summed E-state index contributed by atoms with van der Waals surface area (Å²) in [6, 6.07) is 0. The number of hydrogen-bond acceptors (Lipinski definition) is 5. The number of esters is 1. The number of hydrogen-bond donors (Lipinski definition) is 1. The number of ether oxygens (including phenoxy) is 1. The highest BCUT2D eigenvalue weighted by Gasteiger charge is 2.04. The lowest BCUT2D eigenvalue weighted by atomic mass is 10.7. The molecule has 6 heteroatoms. The Bertz CT molecular complexity index is 121. The lowest BCUT2D eigenvalue weighted by Crippen LogP contribution is -2.20. The fourth-order valence-electron chi connectivity index (χ4n) is 0.221. The minimum Gasteiger partial charge on any atom is -0.453 e. The lowest BCUT2D eigenvalue weighted by Gasteiger charge is -1.97. The highest BCUT2D eigenvalue weighted by Crippen LogP contribution is 1.84. The van der Waals surface area contributed by atoms with Gasteiger partial charge in [0.2, 0.25) is 0 Å². The van der Waals surface area contributed by atoms with Crippen LogP contribution in [0.3, 0.4) is 0 Å². The summed E-state index contributed by atoms with van der Waals surface area (Å²) in [7, 11) is 0. The molecule has 0 amide bonds. The molecule has 0 spiro atoms. The normalized spacial score (nSPS) is 8.60. The SMILES string of the molecule is NCC(=O)OCC(=O)OCl. The molecular formula is C4H6ClNO4. The van der Waals surface area contributed by atoms with Crippen LogP contribution >= 0.6 is 11.9 Å². The van der Waals surface area contributed by atoms with Crippen molar-refractivity contribution < 1.29 is 18.6 Å². The second-order valence-electron chi connectivity index (χ2n) is 1.31. The predicted molar refractivity (Wildman–Crippen MR) is 32.0 cm³/mol. The molecule has 0 atom stereocenters. The zero-order valence-corrected chi connectivity index (χ0v) is 5.76. The fourth-order valence-corrected chi connectivity index (χ4v) is 0.265. The topological polar surface area (TPSA) is 78.6 Å². The molecule has 0 aliphatic rings. The fraction of sp³-hybridized carbons (Fsp3) is 0.500. The molecule has 0 fully saturated rings. The number of carbonyl (C=O) groups excluding carboxylic acids is 2. The minimum absolute atomic E-state index is 0.268. The minimum atomic E-state index is -0.830. The van der Waals surface area contributed by atoms with Gasteiger partial charge < -0.3 is 14.8 Å². The largest absolute Gasteiger partial charge is 0.453 e. The van der Waals surface area contributed by atoms with Gasteiger partial charge in [-0.2, -0.15) is 0 Å². The summed E-state index contributed by atoms with van der Waals surface area (Å²) in [5.74, 6) is -1.51. The second kappa shape index (κ2) is 5.01. The maximum atomic E-state index is 10.2. The first-order chi connectivity index (χ1) is 4.70. The smallest absolute Gasteiger partial charge is 0.362 e. The van der Waals surface area contributed by atoms with Crippen LogP contribution in [0, 0.1) is 0 Å². The molecule has 5 nitrogen and oxygen atoms in total. The van der Waals surface area contributed by atoms with Gasteiger partial charge in [-0.05, 0) is 0 Å². The quantitative estimate of drug-likeness (QED) is 0.556. The first-order valence-electron chi connectivity index (χ1n) is 2.37. The van der Waals surface area contributed by atoms with Gasteiger partial charge in [-0.25, -0.2) is 4.79 Å². The molecule has 0 unspecified atom stereocenters. The molecule has 2 N–H and O–H groups in total. The Morgan fingerprint density at radius 3 is 2.40 bits per heavy atom. The van der Waals surface area contributed by atoms with Crippen molar-refractivity contribution in [2.24, 2.45) is 5.73 Å². The molecule has 10 heavy (non-hydrogen) atoms. The van der Waals surface area contributed by atoms with Gasteiger partial charge in [-0.3, -0.25) is 4.79 Å². The summed E-state index contributed by atoms with van der Waals surface area (Å²) in [4.78, 5) is 20.4. The van der Waals surface area contributed by atoms with E-state index in [1.165, 1.54) is 0 Å². The van der Waals surface area contributed by atoms with E-state index in [1.54, 1.807) is 0 Å². The average molecular weight is 168 g/mol. The van der Waals surface area contributed by atoms with Gasteiger partial charge in [-0.15, -0.1) is 0 Å². The molecule has 0 aromatic rings. The van der Waals surface area contributed by atoms with Crippen LogP contribution in [0.5, 0.6) is 0 Å². The molecule has 0 aromatic heterocycles. The number of rotatable bonds is 3. The molecule has 0 radical (unpaired) electrons. The summed E-state index contributed by atoms with van der Waals surface area (Å²) in [5.41, 5.74) is 4.84. The van der Waals surface area contributed by atoms with E-state index in [2.05, 4.69) is 20.9 Å². The third-order valence-corrected chi connectivity index (χ3v) is 0.776. The van der Waals surface area contributed by atoms with E-state index in [-0.39, 0.29) is 6.54 Å². The molecule has 0 aliphatic carbocycles. The lowest BCUT2D eigenvalue weighted by molar-refractivity contribution is -0.152. The van der Waals surface area contributed by atoms with Crippen LogP contribution in [0.15, 0.2) is 0 Å². The summed E-state index contributed by atoms with van der Waals surface area (Å²) in [5, 5.41) is 0. The van der Waals surface area contributed by atoms with Crippen LogP contribution in [0.1, 0.15) is 0 Å². The molecule has 0 bridgehead atoms. The predicted octanol–water partition coefficient (Wildman–Crippen LogP) is -0.815. The highest BCUT2D eigenvalue weighted by molar-refractivity contribution is 6.13. The van der Waals surface area contributed by atoms with Gasteiger partial charge in [0.25, 0.3) is 0 Å². The van der Waals surface area contributed by atoms with Crippen molar-refractivity contribution in [2.75, 3.05) is 13.2 Å². The van der Waals surface area contributed by atoms with Gasteiger partial charge in [0, 0.05) is 0 Å². The van der Waals surface area contributed by atoms with Gasteiger partial charge in [0.15, 0.2) is 6.61 Å². The number of carbonyl (C=O) groups is 2. The van der Waals surface area contributed by atoms with E-state index >= 15 is 0 Å². The van der Waals surface area contributed by atoms with E-state index < -0.39 is 18.5 Å². The summed E-state index contributed by atoms with van der Waals surface area (Å²) >= 11 is 4.61. The third-order valence-electron chi connectivity index (χ3n) is 0.604. The van der Waals surface area contributed by atoms with Crippen molar-refractivity contribution in [1.29, 1.82) is 0 Å². The Morgan fingerprint density at radius 1 is 1.40 bits per heavy atom. The van der Waals surface area contributed by atoms with Gasteiger partial charge in [-0.1, -0.05) is 0 Å². The van der Waals surface area contributed by atoms with Crippen molar-refractivity contribution in [3.63, 3.8) is 0 Å². The van der Waals surface area contributed by atoms with Crippen molar-refractivity contribution in [3.8, 4) is 0 Å². The van der Waals surface area contributed by atoms with Crippen molar-refractivity contribution in [1.82, 2.24) is 0 Å². The molecule has 0 aromatic carbocycles. The van der Waals surface area contributed by atoms with Crippen LogP contribution < -0.4 is 5.73 Å². The van der Waals surface area contributed by atoms with E-state index in [9.17, 15) is 9.59 Å². The Labute approximate surface area is 62.2 Å². The Kier molecular flexibility index (Phi) is 4.61. The van der Waals surface area contributed by atoms with Gasteiger partial charge in [0.1, 0.15) is 11.9 Å². The monoisotopic (exact) mass is 167 g/mol. The Balaban J connectivity index is 3.35. The highest BCUT2D eigenvalue weighted by atomic mass is 35.5. The van der Waals surface area contributed by atoms with Crippen LogP contribution in [0.2, 0.25) is 0 Å². The molecule has 58 valence electrons. The maximum Gasteiger partial charge on any atom is 0.362 e. The average Bonchev–Trinajstić information content (AvgIpc) is 1.99. The first-order valence-corrected chi connectivity index (χ1v) is 2.68. The van der Waals surface area contributed by atoms with Crippen LogP contribution in [-0.2, 0) is 18.6 Å². The summed E-state index contributed by atoms with van der Waals surface area (Å²) in [6.07, 6.45) is 0. The Morgan fingerprint density at radius 2 is 2.00 bits per heavy atom. The molecular weight excluding hydrogens is 162 g/mol. The molecule has 0 saturated heterocycles. The van der Waals surface area contributed by atoms with E-state index in [0.29, 0.717) is 0 Å². The Hall–Kier alpha value is -0.810. The zero-order valence-electron chi connectivity index (χ0n) is 5.00. The van der Waals surface area contributed by atoms with Crippen LogP contribution in [0.4, 0.5) is 0 Å². The van der Waals surface area contributed by atoms with Crippen LogP contribution in [-0.4, -0.2) is 25.1 Å². The zero-order chi connectivity index (χ0) is 7.98. The van der Waals surface area contributed by atoms with Crippen molar-refractivity contribution >= 4 is 23.8 Å². The van der Waals surface area contributed by atoms with Crippen molar-refractivity contribution in [3.05, 3.63) is 0 Å². The maximum absolute atomic E-state index is 10.2. The van der Waals surface area contributed by atoms with E-state index in [1.807, 2.05) is 0 Å². The molecule has 0 rings (SSSR count). The standard InChI is InChI=1S/C4H6ClNO4/c5-10-4(8)2-9-3(7)1-6/h1-2,6H2. The third kappa shape index (κ3) is 4.11. The molecule has 0 aliphatic heterocycles. The number of halogens is 1. The summed E-state index contributed by atoms with van der Waals surface area (Å²) < 4.78 is 7.88. The molecule has 0 heterocycles. The van der Waals surface area contributed by atoms with Crippen molar-refractivity contribution in [2.45, 2.75) is 0 Å². The van der Waals surface area contributed by atoms with Gasteiger partial charge in [0.05, 0.1) is 6.54 Å². The van der Waals surface area contributed by atoms with Crippen LogP contribution in [0.25, 0.3) is 0 Å². The molecule has 0 saturated carbocycles.